The van der Waals surface area contributed by atoms with E-state index in [9.17, 15) is 4.79 Å². The van der Waals surface area contributed by atoms with Crippen LogP contribution in [0.15, 0.2) is 46.6 Å². The van der Waals surface area contributed by atoms with Crippen molar-refractivity contribution >= 4 is 67.2 Å². The molecule has 0 aliphatic heterocycles. The van der Waals surface area contributed by atoms with Gasteiger partial charge in [-0.3, -0.25) is 4.79 Å². The third-order valence-corrected chi connectivity index (χ3v) is 5.99. The lowest BCUT2D eigenvalue weighted by molar-refractivity contribution is -0.140. The summed E-state index contributed by atoms with van der Waals surface area (Å²) in [6.07, 6.45) is 0.343. The van der Waals surface area contributed by atoms with Crippen molar-refractivity contribution in [3.63, 3.8) is 0 Å². The number of rotatable bonds is 7. The first-order valence-electron chi connectivity index (χ1n) is 8.60. The average Bonchev–Trinajstić information content (AvgIpc) is 3.14. The van der Waals surface area contributed by atoms with Crippen molar-refractivity contribution in [2.24, 2.45) is 10.2 Å². The van der Waals surface area contributed by atoms with Gasteiger partial charge in [0.15, 0.2) is 0 Å². The van der Waals surface area contributed by atoms with Crippen LogP contribution in [0.4, 0.5) is 16.5 Å². The van der Waals surface area contributed by atoms with Crippen molar-refractivity contribution in [2.75, 3.05) is 25.1 Å². The Hall–Kier alpha value is -2.22. The molecule has 28 heavy (non-hydrogen) atoms. The van der Waals surface area contributed by atoms with Gasteiger partial charge in [0.1, 0.15) is 0 Å². The van der Waals surface area contributed by atoms with Gasteiger partial charge >= 0.3 is 5.97 Å². The molecule has 0 saturated heterocycles. The number of carbonyl (C=O) groups excluding carboxylic acids is 1. The zero-order chi connectivity index (χ0) is 20.1. The number of azo groups is 1. The van der Waals surface area contributed by atoms with Crippen molar-refractivity contribution in [3.05, 3.63) is 46.4 Å². The van der Waals surface area contributed by atoms with E-state index in [2.05, 4.69) is 20.1 Å². The number of halogens is 2. The van der Waals surface area contributed by atoms with Gasteiger partial charge in [0.25, 0.3) is 0 Å². The fraction of sp³-hybridized carbons (Fsp3) is 0.263. The van der Waals surface area contributed by atoms with Crippen LogP contribution in [0.25, 0.3) is 10.2 Å². The number of thiazole rings is 1. The van der Waals surface area contributed by atoms with Crippen LogP contribution in [-0.4, -0.2) is 31.2 Å². The molecular formula is C19H18Cl2N4O2S. The highest BCUT2D eigenvalue weighted by atomic mass is 35.5. The number of anilines is 1. The van der Waals surface area contributed by atoms with Crippen LogP contribution in [0.3, 0.4) is 0 Å². The largest absolute Gasteiger partial charge is 0.469 e. The molecule has 0 bridgehead atoms. The minimum atomic E-state index is -0.221. The van der Waals surface area contributed by atoms with Crippen LogP contribution in [0.1, 0.15) is 13.3 Å². The normalized spacial score (nSPS) is 11.3. The zero-order valence-electron chi connectivity index (χ0n) is 15.4. The lowest BCUT2D eigenvalue weighted by Crippen LogP contribution is -2.25. The Labute approximate surface area is 176 Å². The zero-order valence-corrected chi connectivity index (χ0v) is 17.7. The summed E-state index contributed by atoms with van der Waals surface area (Å²) in [6, 6.07) is 11.2. The number of esters is 1. The number of benzene rings is 2. The Balaban J connectivity index is 1.71. The topological polar surface area (TPSA) is 67.2 Å². The molecular weight excluding hydrogens is 419 g/mol. The van der Waals surface area contributed by atoms with E-state index in [-0.39, 0.29) is 5.97 Å². The SMILES string of the molecule is CCN(CCC(=O)OC)c1ccc(N=Nc2nc3ccc(Cl)c(Cl)c3s2)cc1. The Kier molecular flexibility index (Phi) is 6.83. The molecule has 0 fully saturated rings. The summed E-state index contributed by atoms with van der Waals surface area (Å²) in [5.41, 5.74) is 2.45. The molecule has 0 radical (unpaired) electrons. The van der Waals surface area contributed by atoms with Crippen molar-refractivity contribution in [1.82, 2.24) is 4.98 Å². The van der Waals surface area contributed by atoms with Gasteiger partial charge in [-0.05, 0) is 43.3 Å². The molecule has 1 heterocycles. The van der Waals surface area contributed by atoms with Crippen LogP contribution >= 0.6 is 34.5 Å². The summed E-state index contributed by atoms with van der Waals surface area (Å²) in [4.78, 5) is 17.8. The Morgan fingerprint density at radius 3 is 2.61 bits per heavy atom. The molecule has 0 amide bonds. The third-order valence-electron chi connectivity index (χ3n) is 4.10. The van der Waals surface area contributed by atoms with Gasteiger partial charge in [-0.2, -0.15) is 0 Å². The van der Waals surface area contributed by atoms with Crippen LogP contribution < -0.4 is 4.90 Å². The molecule has 6 nitrogen and oxygen atoms in total. The lowest BCUT2D eigenvalue weighted by Gasteiger charge is -2.22. The number of nitrogens with zero attached hydrogens (tertiary/aromatic N) is 4. The smallest absolute Gasteiger partial charge is 0.307 e. The van der Waals surface area contributed by atoms with Gasteiger partial charge in [-0.15, -0.1) is 10.2 Å². The highest BCUT2D eigenvalue weighted by Gasteiger charge is 2.10. The van der Waals surface area contributed by atoms with Crippen molar-refractivity contribution in [3.8, 4) is 0 Å². The van der Waals surface area contributed by atoms with E-state index >= 15 is 0 Å². The van der Waals surface area contributed by atoms with Crippen molar-refractivity contribution in [2.45, 2.75) is 13.3 Å². The highest BCUT2D eigenvalue weighted by Crippen LogP contribution is 2.37. The van der Waals surface area contributed by atoms with E-state index < -0.39 is 0 Å². The minimum Gasteiger partial charge on any atom is -0.469 e. The van der Waals surface area contributed by atoms with E-state index in [0.717, 1.165) is 22.4 Å². The number of ether oxygens (including phenoxy) is 1. The van der Waals surface area contributed by atoms with Gasteiger partial charge in [0.05, 0.1) is 39.5 Å². The number of methoxy groups -OCH3 is 1. The maximum absolute atomic E-state index is 11.3. The second-order valence-corrected chi connectivity index (χ2v) is 7.59. The molecule has 0 saturated carbocycles. The number of carbonyl (C=O) groups is 1. The summed E-state index contributed by atoms with van der Waals surface area (Å²) < 4.78 is 5.49. The van der Waals surface area contributed by atoms with E-state index in [4.69, 9.17) is 27.9 Å². The standard InChI is InChI=1S/C19H18Cl2N4O2S/c1-3-25(11-10-16(26)27-2)13-6-4-12(5-7-13)23-24-19-22-15-9-8-14(20)17(21)18(15)28-19/h4-9H,3,10-11H2,1-2H3. The molecule has 0 spiro atoms. The number of hydrogen-bond acceptors (Lipinski definition) is 7. The van der Waals surface area contributed by atoms with Gasteiger partial charge in [0.2, 0.25) is 5.13 Å². The summed E-state index contributed by atoms with van der Waals surface area (Å²) in [7, 11) is 1.40. The Morgan fingerprint density at radius 2 is 1.93 bits per heavy atom. The summed E-state index contributed by atoms with van der Waals surface area (Å²) in [5.74, 6) is -0.221. The predicted octanol–water partition coefficient (Wildman–Crippen LogP) is 6.41. The van der Waals surface area contributed by atoms with Gasteiger partial charge in [-0.1, -0.05) is 34.5 Å². The predicted molar refractivity (Wildman–Crippen MR) is 115 cm³/mol. The van der Waals surface area contributed by atoms with Crippen molar-refractivity contribution < 1.29 is 9.53 Å². The van der Waals surface area contributed by atoms with E-state index in [1.807, 2.05) is 37.3 Å². The fourth-order valence-corrected chi connectivity index (χ4v) is 3.91. The molecule has 0 unspecified atom stereocenters. The second-order valence-electron chi connectivity index (χ2n) is 5.83. The van der Waals surface area contributed by atoms with Crippen LogP contribution in [0, 0.1) is 0 Å². The Bertz CT molecular complexity index is 1010. The van der Waals surface area contributed by atoms with Crippen molar-refractivity contribution in [1.29, 1.82) is 0 Å². The lowest BCUT2D eigenvalue weighted by atomic mass is 10.2. The van der Waals surface area contributed by atoms with Gasteiger partial charge < -0.3 is 9.64 Å². The first kappa shape index (κ1) is 20.5. The van der Waals surface area contributed by atoms with E-state index in [1.54, 1.807) is 6.07 Å². The third kappa shape index (κ3) is 4.79. The molecule has 146 valence electrons. The van der Waals surface area contributed by atoms with E-state index in [1.165, 1.54) is 18.4 Å². The van der Waals surface area contributed by atoms with Crippen LogP contribution in [-0.2, 0) is 9.53 Å². The fourth-order valence-electron chi connectivity index (χ4n) is 2.60. The molecule has 3 rings (SSSR count). The van der Waals surface area contributed by atoms with Gasteiger partial charge in [0, 0.05) is 18.8 Å². The molecule has 0 aliphatic carbocycles. The molecule has 2 aromatic carbocycles. The minimum absolute atomic E-state index is 0.221. The summed E-state index contributed by atoms with van der Waals surface area (Å²) >= 11 is 13.6. The number of fused-ring (bicyclic) bond motifs is 1. The van der Waals surface area contributed by atoms with E-state index in [0.29, 0.717) is 33.8 Å². The second kappa shape index (κ2) is 9.32. The first-order valence-corrected chi connectivity index (χ1v) is 10.2. The van der Waals surface area contributed by atoms with Gasteiger partial charge in [-0.25, -0.2) is 4.98 Å². The first-order chi connectivity index (χ1) is 13.5. The van der Waals surface area contributed by atoms with Crippen LogP contribution in [0.5, 0.6) is 0 Å². The average molecular weight is 437 g/mol. The molecule has 0 atom stereocenters. The quantitative estimate of drug-likeness (QED) is 0.317. The number of hydrogen-bond donors (Lipinski definition) is 0. The number of aromatic nitrogens is 1. The molecule has 9 heteroatoms. The summed E-state index contributed by atoms with van der Waals surface area (Å²) in [5, 5.41) is 9.93. The monoisotopic (exact) mass is 436 g/mol. The maximum atomic E-state index is 11.3. The molecule has 0 aliphatic rings. The maximum Gasteiger partial charge on any atom is 0.307 e. The van der Waals surface area contributed by atoms with Crippen LogP contribution in [0.2, 0.25) is 10.0 Å². The molecule has 0 N–H and O–H groups in total. The molecule has 3 aromatic rings. The summed E-state index contributed by atoms with van der Waals surface area (Å²) in [6.45, 7) is 3.42. The Morgan fingerprint density at radius 1 is 1.18 bits per heavy atom. The molecule has 1 aromatic heterocycles. The highest BCUT2D eigenvalue weighted by molar-refractivity contribution is 7.22.